The zero-order valence-corrected chi connectivity index (χ0v) is 11.9. The van der Waals surface area contributed by atoms with Gasteiger partial charge >= 0.3 is 0 Å². The summed E-state index contributed by atoms with van der Waals surface area (Å²) in [5, 5.41) is 0. The molecular formula is C16H23N3O. The quantitative estimate of drug-likeness (QED) is 0.674. The van der Waals surface area contributed by atoms with Crippen molar-refractivity contribution < 1.29 is 4.74 Å². The molecular weight excluding hydrogens is 250 g/mol. The van der Waals surface area contributed by atoms with E-state index in [1.165, 1.54) is 24.8 Å². The van der Waals surface area contributed by atoms with Gasteiger partial charge in [0.2, 0.25) is 0 Å². The van der Waals surface area contributed by atoms with Gasteiger partial charge < -0.3 is 15.4 Å². The molecule has 0 bridgehead atoms. The first-order chi connectivity index (χ1) is 9.80. The van der Waals surface area contributed by atoms with Gasteiger partial charge in [-0.05, 0) is 18.4 Å². The second-order valence-electron chi connectivity index (χ2n) is 5.77. The van der Waals surface area contributed by atoms with Crippen LogP contribution in [0.4, 0.5) is 0 Å². The third kappa shape index (κ3) is 2.66. The molecule has 1 aliphatic carbocycles. The summed E-state index contributed by atoms with van der Waals surface area (Å²) in [6.45, 7) is 4.02. The Hall–Kier alpha value is -1.55. The van der Waals surface area contributed by atoms with Gasteiger partial charge in [0.05, 0.1) is 19.8 Å². The third-order valence-electron chi connectivity index (χ3n) is 4.58. The van der Waals surface area contributed by atoms with E-state index in [4.69, 9.17) is 10.5 Å². The topological polar surface area (TPSA) is 50.8 Å². The average molecular weight is 273 g/mol. The summed E-state index contributed by atoms with van der Waals surface area (Å²) in [4.78, 5) is 6.81. The number of ether oxygens (including phenoxy) is 1. The van der Waals surface area contributed by atoms with E-state index < -0.39 is 0 Å². The summed E-state index contributed by atoms with van der Waals surface area (Å²) in [5.41, 5.74) is 7.76. The standard InChI is InChI=1S/C16H23N3O/c17-15(19-9-11-20-12-10-19)18-13-16(7-4-8-16)14-5-2-1-3-6-14/h1-3,5-6H,4,7-13H2,(H2,17,18). The van der Waals surface area contributed by atoms with Gasteiger partial charge in [0.25, 0.3) is 0 Å². The van der Waals surface area contributed by atoms with E-state index in [2.05, 4.69) is 40.2 Å². The molecule has 4 nitrogen and oxygen atoms in total. The molecule has 2 N–H and O–H groups in total. The molecule has 0 radical (unpaired) electrons. The maximum atomic E-state index is 6.13. The molecule has 1 saturated carbocycles. The molecule has 4 heteroatoms. The molecule has 1 aromatic carbocycles. The van der Waals surface area contributed by atoms with Gasteiger partial charge in [0.15, 0.2) is 5.96 Å². The average Bonchev–Trinajstić information content (AvgIpc) is 2.48. The zero-order chi connectivity index (χ0) is 13.8. The Labute approximate surface area is 120 Å². The highest BCUT2D eigenvalue weighted by molar-refractivity contribution is 5.78. The number of aliphatic imine (C=N–C) groups is 1. The number of benzene rings is 1. The lowest BCUT2D eigenvalue weighted by Crippen LogP contribution is -2.46. The number of rotatable bonds is 3. The van der Waals surface area contributed by atoms with Crippen LogP contribution in [-0.4, -0.2) is 43.7 Å². The molecule has 3 rings (SSSR count). The molecule has 1 aliphatic heterocycles. The van der Waals surface area contributed by atoms with Crippen LogP contribution in [0.15, 0.2) is 35.3 Å². The summed E-state index contributed by atoms with van der Waals surface area (Å²) >= 11 is 0. The molecule has 0 spiro atoms. The number of nitrogens with two attached hydrogens (primary N) is 1. The number of nitrogens with zero attached hydrogens (tertiary/aromatic N) is 2. The third-order valence-corrected chi connectivity index (χ3v) is 4.58. The monoisotopic (exact) mass is 273 g/mol. The van der Waals surface area contributed by atoms with Crippen LogP contribution in [0.2, 0.25) is 0 Å². The molecule has 0 unspecified atom stereocenters. The summed E-state index contributed by atoms with van der Waals surface area (Å²) < 4.78 is 5.34. The van der Waals surface area contributed by atoms with Crippen molar-refractivity contribution in [3.63, 3.8) is 0 Å². The number of guanidine groups is 1. The molecule has 1 saturated heterocycles. The molecule has 20 heavy (non-hydrogen) atoms. The Morgan fingerprint density at radius 1 is 1.20 bits per heavy atom. The van der Waals surface area contributed by atoms with Crippen molar-refractivity contribution in [1.82, 2.24) is 4.90 Å². The lowest BCUT2D eigenvalue weighted by atomic mass is 9.64. The number of hydrogen-bond donors (Lipinski definition) is 1. The molecule has 108 valence electrons. The normalized spacial score (nSPS) is 22.4. The van der Waals surface area contributed by atoms with Gasteiger partial charge in [-0.15, -0.1) is 0 Å². The van der Waals surface area contributed by atoms with Crippen LogP contribution >= 0.6 is 0 Å². The summed E-state index contributed by atoms with van der Waals surface area (Å²) in [7, 11) is 0. The predicted molar refractivity (Wildman–Crippen MR) is 80.9 cm³/mol. The molecule has 0 aromatic heterocycles. The Balaban J connectivity index is 1.69. The lowest BCUT2D eigenvalue weighted by Gasteiger charge is -2.41. The summed E-state index contributed by atoms with van der Waals surface area (Å²) in [6.07, 6.45) is 3.73. The van der Waals surface area contributed by atoms with Crippen molar-refractivity contribution >= 4 is 5.96 Å². The van der Waals surface area contributed by atoms with E-state index in [0.717, 1.165) is 32.8 Å². The van der Waals surface area contributed by atoms with E-state index in [1.54, 1.807) is 0 Å². The minimum atomic E-state index is 0.220. The van der Waals surface area contributed by atoms with Crippen molar-refractivity contribution in [3.8, 4) is 0 Å². The molecule has 2 aliphatic rings. The highest BCUT2D eigenvalue weighted by Gasteiger charge is 2.38. The van der Waals surface area contributed by atoms with Crippen LogP contribution in [0.1, 0.15) is 24.8 Å². The number of hydrogen-bond acceptors (Lipinski definition) is 2. The second kappa shape index (κ2) is 5.83. The molecule has 0 atom stereocenters. The minimum Gasteiger partial charge on any atom is -0.378 e. The van der Waals surface area contributed by atoms with Gasteiger partial charge in [-0.1, -0.05) is 36.8 Å². The highest BCUT2D eigenvalue weighted by atomic mass is 16.5. The summed E-state index contributed by atoms with van der Waals surface area (Å²) in [6, 6.07) is 10.7. The molecule has 1 heterocycles. The van der Waals surface area contributed by atoms with Crippen molar-refractivity contribution in [2.75, 3.05) is 32.8 Å². The van der Waals surface area contributed by atoms with Crippen LogP contribution in [0.5, 0.6) is 0 Å². The Kier molecular flexibility index (Phi) is 3.92. The first-order valence-corrected chi connectivity index (χ1v) is 7.48. The second-order valence-corrected chi connectivity index (χ2v) is 5.77. The molecule has 0 amide bonds. The van der Waals surface area contributed by atoms with Gasteiger partial charge in [0, 0.05) is 18.5 Å². The fourth-order valence-corrected chi connectivity index (χ4v) is 3.06. The fourth-order valence-electron chi connectivity index (χ4n) is 3.06. The van der Waals surface area contributed by atoms with Crippen molar-refractivity contribution in [1.29, 1.82) is 0 Å². The predicted octanol–water partition coefficient (Wildman–Crippen LogP) is 1.76. The van der Waals surface area contributed by atoms with E-state index in [0.29, 0.717) is 5.96 Å². The largest absolute Gasteiger partial charge is 0.378 e. The zero-order valence-electron chi connectivity index (χ0n) is 11.9. The maximum Gasteiger partial charge on any atom is 0.191 e. The fraction of sp³-hybridized carbons (Fsp3) is 0.562. The van der Waals surface area contributed by atoms with Gasteiger partial charge in [0.1, 0.15) is 0 Å². The first-order valence-electron chi connectivity index (χ1n) is 7.48. The molecule has 1 aromatic rings. The van der Waals surface area contributed by atoms with E-state index >= 15 is 0 Å². The van der Waals surface area contributed by atoms with Crippen molar-refractivity contribution in [2.45, 2.75) is 24.7 Å². The van der Waals surface area contributed by atoms with Gasteiger partial charge in [-0.25, -0.2) is 0 Å². The van der Waals surface area contributed by atoms with Gasteiger partial charge in [-0.3, -0.25) is 4.99 Å². The van der Waals surface area contributed by atoms with Crippen LogP contribution in [0.25, 0.3) is 0 Å². The Bertz CT molecular complexity index is 462. The Morgan fingerprint density at radius 2 is 1.90 bits per heavy atom. The van der Waals surface area contributed by atoms with Crippen molar-refractivity contribution in [3.05, 3.63) is 35.9 Å². The Morgan fingerprint density at radius 3 is 2.50 bits per heavy atom. The van der Waals surface area contributed by atoms with Crippen LogP contribution in [0, 0.1) is 0 Å². The lowest BCUT2D eigenvalue weighted by molar-refractivity contribution is 0.0673. The van der Waals surface area contributed by atoms with Crippen LogP contribution in [-0.2, 0) is 10.2 Å². The van der Waals surface area contributed by atoms with Crippen LogP contribution in [0.3, 0.4) is 0 Å². The smallest absolute Gasteiger partial charge is 0.191 e. The SMILES string of the molecule is NC(=NCC1(c2ccccc2)CCC1)N1CCOCC1. The molecule has 2 fully saturated rings. The van der Waals surface area contributed by atoms with Crippen molar-refractivity contribution in [2.24, 2.45) is 10.7 Å². The van der Waals surface area contributed by atoms with E-state index in [1.807, 2.05) is 0 Å². The van der Waals surface area contributed by atoms with E-state index in [-0.39, 0.29) is 5.41 Å². The first kappa shape index (κ1) is 13.4. The number of morpholine rings is 1. The maximum absolute atomic E-state index is 6.13. The van der Waals surface area contributed by atoms with E-state index in [9.17, 15) is 0 Å². The van der Waals surface area contributed by atoms with Crippen LogP contribution < -0.4 is 5.73 Å². The minimum absolute atomic E-state index is 0.220. The summed E-state index contributed by atoms with van der Waals surface area (Å²) in [5.74, 6) is 0.676. The highest BCUT2D eigenvalue weighted by Crippen LogP contribution is 2.43. The van der Waals surface area contributed by atoms with Gasteiger partial charge in [-0.2, -0.15) is 0 Å².